The average Bonchev–Trinajstić information content (AvgIpc) is 3.39. The number of carboxylic acid groups (broad SMARTS) is 1. The van der Waals surface area contributed by atoms with Crippen molar-refractivity contribution in [2.75, 3.05) is 0 Å². The van der Waals surface area contributed by atoms with Gasteiger partial charge in [-0.2, -0.15) is 42.0 Å². The molecule has 1 atom stereocenters. The molecule has 1 aliphatic rings. The molecule has 0 aromatic heterocycles. The maximum absolute atomic E-state index is 11.7. The minimum absolute atomic E-state index is 0. The standard InChI is InChI=1S/C18H15O2.C5H5.Fe/c19-17(20)18(16-8-4-5-9-16)12-10-15(11-13-18)14-6-2-1-3-7-14;1-2-4-5-3-1;/h1-12H,13H2,(H,19,20);1-5H;/q2*-1;+2. The van der Waals surface area contributed by atoms with Crippen molar-refractivity contribution in [3.8, 4) is 0 Å². The molecule has 0 heterocycles. The van der Waals surface area contributed by atoms with Gasteiger partial charge in [0.05, 0.1) is 5.41 Å². The minimum Gasteiger partial charge on any atom is -0.481 e. The molecule has 26 heavy (non-hydrogen) atoms. The summed E-state index contributed by atoms with van der Waals surface area (Å²) in [5.74, 6) is -0.802. The van der Waals surface area contributed by atoms with Crippen LogP contribution in [0.2, 0.25) is 0 Å². The first-order chi connectivity index (χ1) is 12.2. The molecule has 0 saturated heterocycles. The van der Waals surface area contributed by atoms with Crippen LogP contribution in [0.5, 0.6) is 0 Å². The van der Waals surface area contributed by atoms with Crippen LogP contribution in [0, 0.1) is 0 Å². The molecule has 1 N–H and O–H groups in total. The Morgan fingerprint density at radius 2 is 1.69 bits per heavy atom. The van der Waals surface area contributed by atoms with Gasteiger partial charge in [0.2, 0.25) is 0 Å². The van der Waals surface area contributed by atoms with E-state index in [9.17, 15) is 9.90 Å². The summed E-state index contributed by atoms with van der Waals surface area (Å²) in [6, 6.07) is 27.5. The van der Waals surface area contributed by atoms with Gasteiger partial charge in [0.1, 0.15) is 0 Å². The quantitative estimate of drug-likeness (QED) is 0.500. The predicted octanol–water partition coefficient (Wildman–Crippen LogP) is 5.17. The number of allylic oxidation sites excluding steroid dienone is 3. The molecule has 0 aliphatic heterocycles. The molecular formula is C23H20FeO2. The topological polar surface area (TPSA) is 37.3 Å². The summed E-state index contributed by atoms with van der Waals surface area (Å²) in [5, 5.41) is 9.64. The van der Waals surface area contributed by atoms with E-state index in [4.69, 9.17) is 0 Å². The third kappa shape index (κ3) is 4.32. The number of aliphatic carboxylic acids is 1. The maximum Gasteiger partial charge on any atom is 2.00 e. The maximum atomic E-state index is 11.7. The third-order valence-corrected chi connectivity index (χ3v) is 4.41. The minimum atomic E-state index is -0.929. The Balaban J connectivity index is 0.000000351. The van der Waals surface area contributed by atoms with Crippen LogP contribution in [0.1, 0.15) is 17.5 Å². The molecule has 3 aromatic carbocycles. The number of hydrogen-bond acceptors (Lipinski definition) is 1. The zero-order valence-corrected chi connectivity index (χ0v) is 15.3. The van der Waals surface area contributed by atoms with E-state index in [0.717, 1.165) is 16.7 Å². The van der Waals surface area contributed by atoms with E-state index in [0.29, 0.717) is 6.42 Å². The summed E-state index contributed by atoms with van der Waals surface area (Å²) in [6.45, 7) is 0. The van der Waals surface area contributed by atoms with Crippen molar-refractivity contribution in [1.82, 2.24) is 0 Å². The first-order valence-electron chi connectivity index (χ1n) is 8.29. The van der Waals surface area contributed by atoms with E-state index in [-0.39, 0.29) is 17.1 Å². The van der Waals surface area contributed by atoms with Crippen molar-refractivity contribution in [3.05, 3.63) is 114 Å². The van der Waals surface area contributed by atoms with E-state index >= 15 is 0 Å². The Morgan fingerprint density at radius 1 is 0.962 bits per heavy atom. The molecular weight excluding hydrogens is 364 g/mol. The van der Waals surface area contributed by atoms with E-state index in [1.807, 2.05) is 103 Å². The molecule has 0 radical (unpaired) electrons. The van der Waals surface area contributed by atoms with Crippen LogP contribution in [0.15, 0.2) is 103 Å². The van der Waals surface area contributed by atoms with E-state index in [2.05, 4.69) is 0 Å². The van der Waals surface area contributed by atoms with Gasteiger partial charge in [0.15, 0.2) is 0 Å². The summed E-state index contributed by atoms with van der Waals surface area (Å²) < 4.78 is 0. The molecule has 0 bridgehead atoms. The van der Waals surface area contributed by atoms with Crippen LogP contribution < -0.4 is 0 Å². The second kappa shape index (κ2) is 9.19. The number of carbonyl (C=O) groups is 1. The van der Waals surface area contributed by atoms with Gasteiger partial charge in [0, 0.05) is 0 Å². The largest absolute Gasteiger partial charge is 2.00 e. The zero-order chi connectivity index (χ0) is 17.5. The second-order valence-corrected chi connectivity index (χ2v) is 5.98. The molecule has 3 aromatic rings. The molecule has 1 unspecified atom stereocenters. The first-order valence-corrected chi connectivity index (χ1v) is 8.29. The Morgan fingerprint density at radius 3 is 2.15 bits per heavy atom. The van der Waals surface area contributed by atoms with Gasteiger partial charge in [-0.1, -0.05) is 48.6 Å². The van der Waals surface area contributed by atoms with Crippen molar-refractivity contribution in [2.45, 2.75) is 11.8 Å². The average molecular weight is 384 g/mol. The number of carboxylic acids is 1. The van der Waals surface area contributed by atoms with Crippen LogP contribution in [-0.4, -0.2) is 11.1 Å². The van der Waals surface area contributed by atoms with Gasteiger partial charge in [-0.15, -0.1) is 0 Å². The zero-order valence-electron chi connectivity index (χ0n) is 14.2. The smallest absolute Gasteiger partial charge is 0.481 e. The molecule has 0 fully saturated rings. The Kier molecular flexibility index (Phi) is 6.97. The Bertz CT molecular complexity index is 826. The van der Waals surface area contributed by atoms with Gasteiger partial charge in [0.25, 0.3) is 0 Å². The van der Waals surface area contributed by atoms with Gasteiger partial charge < -0.3 is 5.11 Å². The summed E-state index contributed by atoms with van der Waals surface area (Å²) in [5.41, 5.74) is 2.10. The third-order valence-electron chi connectivity index (χ3n) is 4.41. The van der Waals surface area contributed by atoms with Crippen LogP contribution >= 0.6 is 0 Å². The fraction of sp³-hybridized carbons (Fsp3) is 0.0870. The number of rotatable bonds is 3. The van der Waals surface area contributed by atoms with E-state index < -0.39 is 11.4 Å². The summed E-state index contributed by atoms with van der Waals surface area (Å²) in [4.78, 5) is 11.7. The summed E-state index contributed by atoms with van der Waals surface area (Å²) in [6.07, 6.45) is 6.22. The van der Waals surface area contributed by atoms with Gasteiger partial charge in [-0.3, -0.25) is 4.79 Å². The SMILES string of the molecule is O=C(O)C1(c2cc[cH-]c2)C=CC(c2ccccc2)=CC1.[Fe+2].c1cc[cH-]c1. The van der Waals surface area contributed by atoms with Crippen molar-refractivity contribution in [3.63, 3.8) is 0 Å². The van der Waals surface area contributed by atoms with Crippen LogP contribution in [0.25, 0.3) is 5.57 Å². The summed E-state index contributed by atoms with van der Waals surface area (Å²) in [7, 11) is 0. The Labute approximate surface area is 164 Å². The van der Waals surface area contributed by atoms with Crippen LogP contribution in [0.3, 0.4) is 0 Å². The number of benzene rings is 1. The van der Waals surface area contributed by atoms with E-state index in [1.54, 1.807) is 0 Å². The second-order valence-electron chi connectivity index (χ2n) is 5.98. The molecule has 0 spiro atoms. The van der Waals surface area contributed by atoms with E-state index in [1.165, 1.54) is 0 Å². The van der Waals surface area contributed by atoms with Crippen molar-refractivity contribution in [2.24, 2.45) is 0 Å². The van der Waals surface area contributed by atoms with Gasteiger partial charge in [-0.25, -0.2) is 18.2 Å². The predicted molar refractivity (Wildman–Crippen MR) is 102 cm³/mol. The molecule has 1 aliphatic carbocycles. The number of hydrogen-bond donors (Lipinski definition) is 1. The van der Waals surface area contributed by atoms with Crippen molar-refractivity contribution < 1.29 is 27.0 Å². The monoisotopic (exact) mass is 384 g/mol. The van der Waals surface area contributed by atoms with Crippen molar-refractivity contribution >= 4 is 11.5 Å². The molecule has 132 valence electrons. The molecule has 0 amide bonds. The Hall–Kier alpha value is -2.61. The van der Waals surface area contributed by atoms with Gasteiger partial charge in [-0.05, 0) is 17.6 Å². The van der Waals surface area contributed by atoms with Crippen LogP contribution in [0.4, 0.5) is 0 Å². The molecule has 3 heteroatoms. The van der Waals surface area contributed by atoms with Gasteiger partial charge >= 0.3 is 23.0 Å². The first kappa shape index (κ1) is 19.7. The van der Waals surface area contributed by atoms with Crippen LogP contribution in [-0.2, 0) is 27.3 Å². The molecule has 2 nitrogen and oxygen atoms in total. The fourth-order valence-electron chi connectivity index (χ4n) is 2.97. The summed E-state index contributed by atoms with van der Waals surface area (Å²) >= 11 is 0. The molecule has 4 rings (SSSR count). The fourth-order valence-corrected chi connectivity index (χ4v) is 2.97. The van der Waals surface area contributed by atoms with Crippen molar-refractivity contribution in [1.29, 1.82) is 0 Å². The normalized spacial score (nSPS) is 18.1. The molecule has 0 saturated carbocycles.